The molecular formula is C68H128NO8+. The Balaban J connectivity index is 3.86. The number of esters is 2. The van der Waals surface area contributed by atoms with Gasteiger partial charge in [0.05, 0.1) is 34.4 Å². The van der Waals surface area contributed by atoms with E-state index in [1.54, 1.807) is 0 Å². The first-order valence-corrected chi connectivity index (χ1v) is 33.2. The van der Waals surface area contributed by atoms with E-state index in [1.807, 2.05) is 21.1 Å². The van der Waals surface area contributed by atoms with Gasteiger partial charge in [-0.05, 0) is 51.4 Å². The van der Waals surface area contributed by atoms with Gasteiger partial charge in [0.15, 0.2) is 6.10 Å². The van der Waals surface area contributed by atoms with E-state index >= 15 is 0 Å². The lowest BCUT2D eigenvalue weighted by molar-refractivity contribution is -0.870. The van der Waals surface area contributed by atoms with E-state index in [4.69, 9.17) is 18.9 Å². The predicted molar refractivity (Wildman–Crippen MR) is 327 cm³/mol. The predicted octanol–water partition coefficient (Wildman–Crippen LogP) is 20.0. The fraction of sp³-hybridized carbons (Fsp3) is 0.868. The van der Waals surface area contributed by atoms with Gasteiger partial charge in [-0.25, -0.2) is 4.79 Å². The van der Waals surface area contributed by atoms with Gasteiger partial charge in [0.1, 0.15) is 13.2 Å². The Bertz CT molecular complexity index is 1360. The van der Waals surface area contributed by atoms with Gasteiger partial charge in [0, 0.05) is 12.8 Å². The van der Waals surface area contributed by atoms with Crippen LogP contribution in [0.25, 0.3) is 0 Å². The monoisotopic (exact) mass is 1090 g/mol. The molecule has 0 fully saturated rings. The van der Waals surface area contributed by atoms with E-state index in [-0.39, 0.29) is 38.2 Å². The summed E-state index contributed by atoms with van der Waals surface area (Å²) in [4.78, 5) is 37.3. The van der Waals surface area contributed by atoms with Crippen molar-refractivity contribution in [2.75, 3.05) is 47.5 Å². The minimum Gasteiger partial charge on any atom is -0.477 e. The number of carbonyl (C=O) groups excluding carboxylic acids is 2. The van der Waals surface area contributed by atoms with Crippen LogP contribution < -0.4 is 0 Å². The number of hydrogen-bond donors (Lipinski definition) is 1. The summed E-state index contributed by atoms with van der Waals surface area (Å²) in [6.07, 6.45) is 71.4. The number of nitrogens with zero attached hydrogens (tertiary/aromatic N) is 1. The molecule has 9 heteroatoms. The first-order chi connectivity index (χ1) is 37.6. The van der Waals surface area contributed by atoms with Crippen LogP contribution in [0.5, 0.6) is 0 Å². The number of carboxylic acids is 1. The van der Waals surface area contributed by atoms with Crippen molar-refractivity contribution in [2.24, 2.45) is 0 Å². The number of likely N-dealkylation sites (N-methyl/N-ethyl adjacent to an activating group) is 1. The highest BCUT2D eigenvalue weighted by Gasteiger charge is 2.25. The average Bonchev–Trinajstić information content (AvgIpc) is 3.40. The van der Waals surface area contributed by atoms with E-state index in [2.05, 4.69) is 50.3 Å². The van der Waals surface area contributed by atoms with Crippen LogP contribution in [0.2, 0.25) is 0 Å². The van der Waals surface area contributed by atoms with Crippen molar-refractivity contribution >= 4 is 17.9 Å². The molecule has 2 atom stereocenters. The van der Waals surface area contributed by atoms with Gasteiger partial charge in [0.25, 0.3) is 6.29 Å². The van der Waals surface area contributed by atoms with Crippen LogP contribution in [0.3, 0.4) is 0 Å². The zero-order chi connectivity index (χ0) is 56.2. The molecule has 0 spiro atoms. The van der Waals surface area contributed by atoms with Crippen molar-refractivity contribution in [3.63, 3.8) is 0 Å². The van der Waals surface area contributed by atoms with Gasteiger partial charge in [-0.15, -0.1) is 0 Å². The van der Waals surface area contributed by atoms with Crippen molar-refractivity contribution < 1.29 is 42.9 Å². The summed E-state index contributed by atoms with van der Waals surface area (Å²) < 4.78 is 22.9. The summed E-state index contributed by atoms with van der Waals surface area (Å²) in [5, 5.41) is 9.69. The van der Waals surface area contributed by atoms with Crippen molar-refractivity contribution in [1.82, 2.24) is 0 Å². The quantitative estimate of drug-likeness (QED) is 0.0211. The standard InChI is InChI=1S/C68H127NO8/c1-6-8-10-12-14-16-18-19-20-21-22-23-24-25-26-27-28-29-30-31-32-33-34-35-36-37-38-39-40-41-42-43-44-45-46-47-49-51-53-55-57-59-66(71)77-64(63-76-68(67(72)73)74-61-60-69(3,4)5)62-75-65(70)58-56-54-52-50-48-17-15-13-11-9-7-2/h18-19,21-22,24-25,64,68H,6-17,20,23,26-63H2,1-5H3/p+1/b19-18-,22-21-,25-24-. The van der Waals surface area contributed by atoms with Crippen LogP contribution in [-0.2, 0) is 33.3 Å². The largest absolute Gasteiger partial charge is 0.477 e. The molecule has 0 saturated carbocycles. The number of aliphatic carboxylic acids is 1. The summed E-state index contributed by atoms with van der Waals surface area (Å²) in [6.45, 7) is 4.90. The molecule has 0 aromatic heterocycles. The molecule has 0 heterocycles. The van der Waals surface area contributed by atoms with Crippen molar-refractivity contribution in [1.29, 1.82) is 0 Å². The second kappa shape index (κ2) is 59.6. The number of carboxylic acid groups (broad SMARTS) is 1. The third-order valence-electron chi connectivity index (χ3n) is 14.9. The molecule has 0 radical (unpaired) electrons. The molecule has 0 rings (SSSR count). The van der Waals surface area contributed by atoms with Crippen LogP contribution in [0.1, 0.15) is 322 Å². The number of hydrogen-bond acceptors (Lipinski definition) is 7. The lowest BCUT2D eigenvalue weighted by Gasteiger charge is -2.25. The Labute approximate surface area is 477 Å². The molecule has 0 aliphatic rings. The number of quaternary nitrogens is 1. The third kappa shape index (κ3) is 61.0. The summed E-state index contributed by atoms with van der Waals surface area (Å²) >= 11 is 0. The van der Waals surface area contributed by atoms with Gasteiger partial charge < -0.3 is 28.5 Å². The second-order valence-corrected chi connectivity index (χ2v) is 23.8. The van der Waals surface area contributed by atoms with E-state index in [0.717, 1.165) is 51.4 Å². The van der Waals surface area contributed by atoms with Gasteiger partial charge in [0.2, 0.25) is 0 Å². The van der Waals surface area contributed by atoms with Crippen LogP contribution in [0, 0.1) is 0 Å². The molecule has 2 unspecified atom stereocenters. The van der Waals surface area contributed by atoms with Gasteiger partial charge in [-0.3, -0.25) is 9.59 Å². The minimum absolute atomic E-state index is 0.175. The number of unbranched alkanes of at least 4 members (excludes halogenated alkanes) is 41. The number of allylic oxidation sites excluding steroid dienone is 6. The summed E-state index contributed by atoms with van der Waals surface area (Å²) in [5.74, 6) is -1.98. The summed E-state index contributed by atoms with van der Waals surface area (Å²) in [7, 11) is 5.98. The van der Waals surface area contributed by atoms with E-state index < -0.39 is 18.4 Å². The van der Waals surface area contributed by atoms with Gasteiger partial charge in [-0.2, -0.15) is 0 Å². The number of carbonyl (C=O) groups is 3. The first-order valence-electron chi connectivity index (χ1n) is 33.2. The van der Waals surface area contributed by atoms with E-state index in [1.165, 1.54) is 244 Å². The fourth-order valence-electron chi connectivity index (χ4n) is 9.79. The van der Waals surface area contributed by atoms with Crippen LogP contribution in [0.15, 0.2) is 36.5 Å². The number of rotatable bonds is 62. The van der Waals surface area contributed by atoms with E-state index in [9.17, 15) is 19.5 Å². The molecule has 1 N–H and O–H groups in total. The lowest BCUT2D eigenvalue weighted by atomic mass is 10.0. The number of ether oxygens (including phenoxy) is 4. The average molecular weight is 1090 g/mol. The SMILES string of the molecule is CCCCCCC/C=C\C/C=C\C/C=C\CCCCCCCCCCCCCCCCCCCCCCCCCCCCC(=O)OC(COC(=O)CCCCCCCCCCCCC)COC(OCC[N+](C)(C)C)C(=O)O. The Morgan fingerprint density at radius 2 is 0.701 bits per heavy atom. The normalized spacial score (nSPS) is 12.9. The highest BCUT2D eigenvalue weighted by molar-refractivity contribution is 5.71. The molecule has 0 aromatic rings. The molecule has 0 amide bonds. The highest BCUT2D eigenvalue weighted by Crippen LogP contribution is 2.18. The molecule has 0 bridgehead atoms. The zero-order valence-electron chi connectivity index (χ0n) is 51.6. The zero-order valence-corrected chi connectivity index (χ0v) is 51.6. The second-order valence-electron chi connectivity index (χ2n) is 23.8. The molecule has 77 heavy (non-hydrogen) atoms. The van der Waals surface area contributed by atoms with Crippen molar-refractivity contribution in [3.05, 3.63) is 36.5 Å². The molecule has 452 valence electrons. The van der Waals surface area contributed by atoms with Crippen LogP contribution >= 0.6 is 0 Å². The fourth-order valence-corrected chi connectivity index (χ4v) is 9.79. The maximum atomic E-state index is 12.9. The topological polar surface area (TPSA) is 108 Å². The Morgan fingerprint density at radius 3 is 1.04 bits per heavy atom. The Kier molecular flexibility index (Phi) is 57.7. The lowest BCUT2D eigenvalue weighted by Crippen LogP contribution is -2.40. The first kappa shape index (κ1) is 74.5. The summed E-state index contributed by atoms with van der Waals surface area (Å²) in [6, 6.07) is 0. The maximum Gasteiger partial charge on any atom is 0.361 e. The minimum atomic E-state index is -1.50. The van der Waals surface area contributed by atoms with Gasteiger partial charge in [-0.1, -0.05) is 294 Å². The third-order valence-corrected chi connectivity index (χ3v) is 14.9. The van der Waals surface area contributed by atoms with E-state index in [0.29, 0.717) is 17.4 Å². The van der Waals surface area contributed by atoms with Crippen LogP contribution in [-0.4, -0.2) is 87.4 Å². The summed E-state index contributed by atoms with van der Waals surface area (Å²) in [5.41, 5.74) is 0. The van der Waals surface area contributed by atoms with Crippen molar-refractivity contribution in [2.45, 2.75) is 334 Å². The Hall–Kier alpha value is -2.49. The Morgan fingerprint density at radius 1 is 0.390 bits per heavy atom. The molecule has 9 nitrogen and oxygen atoms in total. The molecule has 0 aliphatic heterocycles. The molecule has 0 aliphatic carbocycles. The smallest absolute Gasteiger partial charge is 0.361 e. The molecule has 0 aromatic carbocycles. The van der Waals surface area contributed by atoms with Crippen LogP contribution in [0.4, 0.5) is 0 Å². The highest BCUT2D eigenvalue weighted by atomic mass is 16.7. The van der Waals surface area contributed by atoms with Gasteiger partial charge >= 0.3 is 17.9 Å². The molecular weight excluding hydrogens is 959 g/mol. The van der Waals surface area contributed by atoms with Crippen molar-refractivity contribution in [3.8, 4) is 0 Å². The molecule has 0 saturated heterocycles. The maximum absolute atomic E-state index is 12.9.